The fourth-order valence-electron chi connectivity index (χ4n) is 2.02. The maximum atomic E-state index is 12.1. The fourth-order valence-corrected chi connectivity index (χ4v) is 2.79. The van der Waals surface area contributed by atoms with Crippen molar-refractivity contribution in [3.05, 3.63) is 48.3 Å². The van der Waals surface area contributed by atoms with Crippen LogP contribution in [0.3, 0.4) is 0 Å². The summed E-state index contributed by atoms with van der Waals surface area (Å²) in [6.07, 6.45) is 1.76. The molecule has 0 unspecified atom stereocenters. The first-order valence-corrected chi connectivity index (χ1v) is 8.14. The third kappa shape index (κ3) is 4.94. The number of hydrogen-bond donors (Lipinski definition) is 1. The number of aryl methyl sites for hydroxylation is 1. The van der Waals surface area contributed by atoms with Gasteiger partial charge in [0.2, 0.25) is 5.91 Å². The lowest BCUT2D eigenvalue weighted by Gasteiger charge is -2.08. The van der Waals surface area contributed by atoms with E-state index in [2.05, 4.69) is 22.1 Å². The van der Waals surface area contributed by atoms with E-state index < -0.39 is 0 Å². The fraction of sp³-hybridized carbons (Fsp3) is 0.312. The molecule has 0 bridgehead atoms. The van der Waals surface area contributed by atoms with Gasteiger partial charge in [-0.05, 0) is 24.6 Å². The standard InChI is InChI=1S/C16H20N4O2S/c1-4-8-20-14(10-22-3)18-19-16(20)23-11-15(21)17-13-7-5-6-12(2)9-13/h4-7,9H,1,8,10-11H2,2-3H3,(H,17,21). The van der Waals surface area contributed by atoms with Crippen LogP contribution >= 0.6 is 11.8 Å². The summed E-state index contributed by atoms with van der Waals surface area (Å²) in [5, 5.41) is 11.8. The molecule has 1 aromatic carbocycles. The zero-order valence-corrected chi connectivity index (χ0v) is 14.1. The van der Waals surface area contributed by atoms with Gasteiger partial charge in [-0.15, -0.1) is 16.8 Å². The number of anilines is 1. The second-order valence-electron chi connectivity index (χ2n) is 4.94. The van der Waals surface area contributed by atoms with Crippen molar-refractivity contribution < 1.29 is 9.53 Å². The molecule has 1 N–H and O–H groups in total. The Hall–Kier alpha value is -2.12. The van der Waals surface area contributed by atoms with E-state index in [1.807, 2.05) is 35.8 Å². The first-order valence-electron chi connectivity index (χ1n) is 7.15. The lowest BCUT2D eigenvalue weighted by atomic mass is 10.2. The number of aromatic nitrogens is 3. The van der Waals surface area contributed by atoms with Gasteiger partial charge in [0.1, 0.15) is 6.61 Å². The summed E-state index contributed by atoms with van der Waals surface area (Å²) in [5.41, 5.74) is 1.90. The van der Waals surface area contributed by atoms with Gasteiger partial charge >= 0.3 is 0 Å². The smallest absolute Gasteiger partial charge is 0.234 e. The molecule has 122 valence electrons. The van der Waals surface area contributed by atoms with Crippen molar-refractivity contribution >= 4 is 23.4 Å². The molecule has 0 spiro atoms. The van der Waals surface area contributed by atoms with E-state index in [9.17, 15) is 4.79 Å². The van der Waals surface area contributed by atoms with E-state index in [1.165, 1.54) is 11.8 Å². The third-order valence-electron chi connectivity index (χ3n) is 3.01. The summed E-state index contributed by atoms with van der Waals surface area (Å²) in [6, 6.07) is 7.70. The normalized spacial score (nSPS) is 10.5. The van der Waals surface area contributed by atoms with Crippen LogP contribution < -0.4 is 5.32 Å². The summed E-state index contributed by atoms with van der Waals surface area (Å²) in [4.78, 5) is 12.1. The quantitative estimate of drug-likeness (QED) is 0.594. The summed E-state index contributed by atoms with van der Waals surface area (Å²) in [5.74, 6) is 0.895. The van der Waals surface area contributed by atoms with Crippen LogP contribution in [0, 0.1) is 6.92 Å². The Balaban J connectivity index is 1.97. The van der Waals surface area contributed by atoms with Gasteiger partial charge < -0.3 is 14.6 Å². The minimum atomic E-state index is -0.0814. The molecule has 0 aliphatic rings. The van der Waals surface area contributed by atoms with Gasteiger partial charge in [-0.25, -0.2) is 0 Å². The van der Waals surface area contributed by atoms with Crippen LogP contribution in [-0.2, 0) is 22.7 Å². The molecule has 0 aliphatic carbocycles. The van der Waals surface area contributed by atoms with Gasteiger partial charge in [-0.1, -0.05) is 30.0 Å². The number of carbonyl (C=O) groups is 1. The first kappa shape index (κ1) is 17.2. The molecule has 1 heterocycles. The number of thioether (sulfide) groups is 1. The van der Waals surface area contributed by atoms with E-state index in [0.717, 1.165) is 11.3 Å². The molecule has 2 aromatic rings. The minimum absolute atomic E-state index is 0.0814. The SMILES string of the molecule is C=CCn1c(COC)nnc1SCC(=O)Nc1cccc(C)c1. The van der Waals surface area contributed by atoms with Crippen LogP contribution in [0.2, 0.25) is 0 Å². The van der Waals surface area contributed by atoms with Crippen molar-refractivity contribution in [2.75, 3.05) is 18.2 Å². The number of rotatable bonds is 8. The zero-order valence-electron chi connectivity index (χ0n) is 13.3. The Bertz CT molecular complexity index is 684. The van der Waals surface area contributed by atoms with E-state index in [4.69, 9.17) is 4.74 Å². The van der Waals surface area contributed by atoms with Crippen molar-refractivity contribution in [1.82, 2.24) is 14.8 Å². The number of amides is 1. The number of allylic oxidation sites excluding steroid dienone is 1. The van der Waals surface area contributed by atoms with Crippen molar-refractivity contribution in [2.45, 2.75) is 25.2 Å². The highest BCUT2D eigenvalue weighted by molar-refractivity contribution is 7.99. The number of nitrogens with one attached hydrogen (secondary N) is 1. The summed E-state index contributed by atoms with van der Waals surface area (Å²) >= 11 is 1.34. The zero-order chi connectivity index (χ0) is 16.7. The first-order chi connectivity index (χ1) is 11.1. The van der Waals surface area contributed by atoms with Crippen molar-refractivity contribution in [1.29, 1.82) is 0 Å². The second kappa shape index (κ2) is 8.50. The Morgan fingerprint density at radius 1 is 1.48 bits per heavy atom. The summed E-state index contributed by atoms with van der Waals surface area (Å²) in [7, 11) is 1.61. The van der Waals surface area contributed by atoms with Crippen molar-refractivity contribution in [3.8, 4) is 0 Å². The molecule has 0 atom stereocenters. The summed E-state index contributed by atoms with van der Waals surface area (Å²) in [6.45, 7) is 6.67. The molecule has 0 saturated heterocycles. The highest BCUT2D eigenvalue weighted by Crippen LogP contribution is 2.18. The molecule has 0 saturated carbocycles. The molecule has 0 radical (unpaired) electrons. The molecular weight excluding hydrogens is 312 g/mol. The molecule has 0 aliphatic heterocycles. The molecule has 23 heavy (non-hydrogen) atoms. The van der Waals surface area contributed by atoms with Gasteiger partial charge in [-0.2, -0.15) is 0 Å². The average molecular weight is 332 g/mol. The molecule has 2 rings (SSSR count). The molecule has 1 aromatic heterocycles. The van der Waals surface area contributed by atoms with Gasteiger partial charge in [-0.3, -0.25) is 4.79 Å². The molecule has 7 heteroatoms. The number of carbonyl (C=O) groups excluding carboxylic acids is 1. The Morgan fingerprint density at radius 3 is 3.00 bits per heavy atom. The maximum Gasteiger partial charge on any atom is 0.234 e. The van der Waals surface area contributed by atoms with Gasteiger partial charge in [0.25, 0.3) is 0 Å². The Labute approximate surface area is 139 Å². The topological polar surface area (TPSA) is 69.0 Å². The Kier molecular flexibility index (Phi) is 6.37. The number of nitrogens with zero attached hydrogens (tertiary/aromatic N) is 3. The van der Waals surface area contributed by atoms with Crippen LogP contribution in [0.25, 0.3) is 0 Å². The van der Waals surface area contributed by atoms with Crippen LogP contribution in [-0.4, -0.2) is 33.5 Å². The highest BCUT2D eigenvalue weighted by Gasteiger charge is 2.13. The van der Waals surface area contributed by atoms with Gasteiger partial charge in [0.15, 0.2) is 11.0 Å². The second-order valence-corrected chi connectivity index (χ2v) is 5.88. The predicted octanol–water partition coefficient (Wildman–Crippen LogP) is 2.65. The number of ether oxygens (including phenoxy) is 1. The number of hydrogen-bond acceptors (Lipinski definition) is 5. The van der Waals surface area contributed by atoms with Crippen LogP contribution in [0.4, 0.5) is 5.69 Å². The molecule has 6 nitrogen and oxygen atoms in total. The van der Waals surface area contributed by atoms with Crippen molar-refractivity contribution in [2.24, 2.45) is 0 Å². The minimum Gasteiger partial charge on any atom is -0.377 e. The number of methoxy groups -OCH3 is 1. The maximum absolute atomic E-state index is 12.1. The lowest BCUT2D eigenvalue weighted by molar-refractivity contribution is -0.113. The van der Waals surface area contributed by atoms with Crippen LogP contribution in [0.5, 0.6) is 0 Å². The predicted molar refractivity (Wildman–Crippen MR) is 91.5 cm³/mol. The lowest BCUT2D eigenvalue weighted by Crippen LogP contribution is -2.15. The molecular formula is C16H20N4O2S. The van der Waals surface area contributed by atoms with Crippen molar-refractivity contribution in [3.63, 3.8) is 0 Å². The molecule has 0 fully saturated rings. The van der Waals surface area contributed by atoms with E-state index >= 15 is 0 Å². The Morgan fingerprint density at radius 2 is 2.30 bits per heavy atom. The van der Waals surface area contributed by atoms with Gasteiger partial charge in [0, 0.05) is 19.3 Å². The van der Waals surface area contributed by atoms with Gasteiger partial charge in [0.05, 0.1) is 5.75 Å². The van der Waals surface area contributed by atoms with E-state index in [1.54, 1.807) is 13.2 Å². The molecule has 1 amide bonds. The average Bonchev–Trinajstić information content (AvgIpc) is 2.88. The van der Waals surface area contributed by atoms with E-state index in [0.29, 0.717) is 24.1 Å². The third-order valence-corrected chi connectivity index (χ3v) is 3.98. The van der Waals surface area contributed by atoms with Crippen LogP contribution in [0.15, 0.2) is 42.1 Å². The number of benzene rings is 1. The monoisotopic (exact) mass is 332 g/mol. The summed E-state index contributed by atoms with van der Waals surface area (Å²) < 4.78 is 6.99. The largest absolute Gasteiger partial charge is 0.377 e. The van der Waals surface area contributed by atoms with E-state index in [-0.39, 0.29) is 11.7 Å². The highest BCUT2D eigenvalue weighted by atomic mass is 32.2. The van der Waals surface area contributed by atoms with Crippen LogP contribution in [0.1, 0.15) is 11.4 Å².